The quantitative estimate of drug-likeness (QED) is 0.624. The van der Waals surface area contributed by atoms with E-state index in [1.807, 2.05) is 28.8 Å². The maximum Gasteiger partial charge on any atom is 0.411 e. The van der Waals surface area contributed by atoms with E-state index in [4.69, 9.17) is 9.47 Å². The molecule has 1 fully saturated rings. The van der Waals surface area contributed by atoms with E-state index in [0.29, 0.717) is 12.1 Å². The smallest absolute Gasteiger partial charge is 0.411 e. The third-order valence-corrected chi connectivity index (χ3v) is 4.27. The van der Waals surface area contributed by atoms with Crippen LogP contribution in [0.5, 0.6) is 0 Å². The molecule has 2 atom stereocenters. The molecule has 7 nitrogen and oxygen atoms in total. The van der Waals surface area contributed by atoms with Crippen LogP contribution < -0.4 is 0 Å². The zero-order valence-electron chi connectivity index (χ0n) is 15.2. The Morgan fingerprint density at radius 2 is 1.96 bits per heavy atom. The average Bonchev–Trinajstić information content (AvgIpc) is 3.19. The number of rotatable bonds is 3. The van der Waals surface area contributed by atoms with Crippen LogP contribution in [0.3, 0.4) is 0 Å². The topological polar surface area (TPSA) is 84.3 Å². The summed E-state index contributed by atoms with van der Waals surface area (Å²) in [4.78, 5) is 25.8. The van der Waals surface area contributed by atoms with Gasteiger partial charge < -0.3 is 14.0 Å². The molecule has 0 spiro atoms. The Morgan fingerprint density at radius 3 is 2.58 bits per heavy atom. The predicted octanol–water partition coefficient (Wildman–Crippen LogP) is 2.67. The fraction of sp³-hybridized carbons (Fsp3) is 0.421. The molecule has 26 heavy (non-hydrogen) atoms. The monoisotopic (exact) mass is 355 g/mol. The van der Waals surface area contributed by atoms with Gasteiger partial charge in [0.1, 0.15) is 11.7 Å². The number of aromatic nitrogens is 1. The highest BCUT2D eigenvalue weighted by molar-refractivity contribution is 5.89. The van der Waals surface area contributed by atoms with Crippen LogP contribution in [0, 0.1) is 11.3 Å². The first-order valence-corrected chi connectivity index (χ1v) is 8.34. The van der Waals surface area contributed by atoms with Crippen molar-refractivity contribution in [3.8, 4) is 6.07 Å². The fourth-order valence-corrected chi connectivity index (χ4v) is 3.11. The van der Waals surface area contributed by atoms with E-state index in [1.165, 1.54) is 12.0 Å². The normalized spacial score (nSPS) is 19.1. The van der Waals surface area contributed by atoms with Gasteiger partial charge in [0, 0.05) is 23.6 Å². The molecule has 0 N–H and O–H groups in total. The van der Waals surface area contributed by atoms with E-state index in [-0.39, 0.29) is 6.04 Å². The third kappa shape index (κ3) is 3.23. The van der Waals surface area contributed by atoms with Gasteiger partial charge in [-0.2, -0.15) is 5.26 Å². The summed E-state index contributed by atoms with van der Waals surface area (Å²) in [5, 5.41) is 10.2. The van der Waals surface area contributed by atoms with Crippen LogP contribution in [0.15, 0.2) is 30.5 Å². The van der Waals surface area contributed by atoms with Gasteiger partial charge in [0.15, 0.2) is 6.04 Å². The van der Waals surface area contributed by atoms with Crippen molar-refractivity contribution >= 4 is 23.0 Å². The minimum Gasteiger partial charge on any atom is -0.467 e. The summed E-state index contributed by atoms with van der Waals surface area (Å²) in [5.74, 6) is -0.474. The van der Waals surface area contributed by atoms with Gasteiger partial charge in [0.2, 0.25) is 0 Å². The van der Waals surface area contributed by atoms with E-state index < -0.39 is 23.7 Å². The maximum absolute atomic E-state index is 12.4. The Hall–Kier alpha value is -3.01. The van der Waals surface area contributed by atoms with Crippen LogP contribution in [0.1, 0.15) is 26.3 Å². The second-order valence-electron chi connectivity index (χ2n) is 7.25. The maximum atomic E-state index is 12.4. The SMILES string of the molecule is COC(=O)[C@H]1[C@H](Cn2cc(C#N)c3ccccc32)N1C(=O)OC(C)(C)C. The van der Waals surface area contributed by atoms with E-state index in [9.17, 15) is 14.9 Å². The molecular weight excluding hydrogens is 334 g/mol. The van der Waals surface area contributed by atoms with Crippen LogP contribution in [0.2, 0.25) is 0 Å². The highest BCUT2D eigenvalue weighted by Gasteiger charge is 2.58. The number of hydrogen-bond donors (Lipinski definition) is 0. The van der Waals surface area contributed by atoms with Gasteiger partial charge in [0.05, 0.1) is 18.7 Å². The molecule has 0 aliphatic carbocycles. The van der Waals surface area contributed by atoms with Crippen molar-refractivity contribution in [3.05, 3.63) is 36.0 Å². The molecule has 136 valence electrons. The Bertz CT molecular complexity index is 904. The van der Waals surface area contributed by atoms with Crippen LogP contribution in [-0.2, 0) is 20.8 Å². The van der Waals surface area contributed by atoms with Gasteiger partial charge >= 0.3 is 12.1 Å². The molecule has 0 unspecified atom stereocenters. The highest BCUT2D eigenvalue weighted by atomic mass is 16.6. The van der Waals surface area contributed by atoms with Gasteiger partial charge in [-0.1, -0.05) is 18.2 Å². The van der Waals surface area contributed by atoms with Gasteiger partial charge in [-0.05, 0) is 26.8 Å². The van der Waals surface area contributed by atoms with Crippen molar-refractivity contribution in [2.75, 3.05) is 7.11 Å². The third-order valence-electron chi connectivity index (χ3n) is 4.27. The first-order valence-electron chi connectivity index (χ1n) is 8.34. The lowest BCUT2D eigenvalue weighted by Gasteiger charge is -2.20. The van der Waals surface area contributed by atoms with E-state index in [2.05, 4.69) is 6.07 Å². The number of fused-ring (bicyclic) bond motifs is 1. The summed E-state index contributed by atoms with van der Waals surface area (Å²) in [5.41, 5.74) is 0.780. The molecule has 0 bridgehead atoms. The summed E-state index contributed by atoms with van der Waals surface area (Å²) in [6, 6.07) is 8.66. The summed E-state index contributed by atoms with van der Waals surface area (Å²) >= 11 is 0. The first kappa shape index (κ1) is 17.8. The molecule has 1 aromatic carbocycles. The van der Waals surface area contributed by atoms with Crippen molar-refractivity contribution in [1.82, 2.24) is 9.47 Å². The summed E-state index contributed by atoms with van der Waals surface area (Å²) < 4.78 is 12.1. The zero-order chi connectivity index (χ0) is 19.1. The van der Waals surface area contributed by atoms with Crippen molar-refractivity contribution in [2.24, 2.45) is 0 Å². The van der Waals surface area contributed by atoms with E-state index in [0.717, 1.165) is 10.9 Å². The molecule has 1 aliphatic rings. The predicted molar refractivity (Wildman–Crippen MR) is 94.3 cm³/mol. The molecular formula is C19H21N3O4. The molecule has 0 radical (unpaired) electrons. The minimum absolute atomic E-state index is 0.375. The molecule has 0 saturated carbocycles. The molecule has 7 heteroatoms. The first-order chi connectivity index (χ1) is 12.3. The van der Waals surface area contributed by atoms with Gasteiger partial charge in [0.25, 0.3) is 0 Å². The highest BCUT2D eigenvalue weighted by Crippen LogP contribution is 2.34. The van der Waals surface area contributed by atoms with Crippen molar-refractivity contribution in [2.45, 2.75) is 45.0 Å². The molecule has 2 heterocycles. The Kier molecular flexibility index (Phi) is 4.36. The number of nitriles is 1. The van der Waals surface area contributed by atoms with E-state index in [1.54, 1.807) is 27.0 Å². The molecule has 3 rings (SSSR count). The number of nitrogens with zero attached hydrogens (tertiary/aromatic N) is 3. The zero-order valence-corrected chi connectivity index (χ0v) is 15.2. The lowest BCUT2D eigenvalue weighted by Crippen LogP contribution is -2.29. The van der Waals surface area contributed by atoms with E-state index >= 15 is 0 Å². The lowest BCUT2D eigenvalue weighted by atomic mass is 10.2. The van der Waals surface area contributed by atoms with Crippen molar-refractivity contribution in [1.29, 1.82) is 5.26 Å². The van der Waals surface area contributed by atoms with Crippen molar-refractivity contribution < 1.29 is 19.1 Å². The van der Waals surface area contributed by atoms with Crippen molar-refractivity contribution in [3.63, 3.8) is 0 Å². The second kappa shape index (κ2) is 6.37. The van der Waals surface area contributed by atoms with Crippen LogP contribution in [-0.4, -0.2) is 46.3 Å². The lowest BCUT2D eigenvalue weighted by molar-refractivity contribution is -0.140. The molecule has 1 aliphatic heterocycles. The second-order valence-corrected chi connectivity index (χ2v) is 7.25. The molecule has 1 aromatic heterocycles. The number of amides is 1. The number of para-hydroxylation sites is 1. The van der Waals surface area contributed by atoms with Gasteiger partial charge in [-0.25, -0.2) is 9.59 Å². The minimum atomic E-state index is -0.679. The summed E-state index contributed by atoms with van der Waals surface area (Å²) in [7, 11) is 1.30. The number of methoxy groups -OCH3 is 1. The summed E-state index contributed by atoms with van der Waals surface area (Å²) in [6.45, 7) is 5.70. The number of hydrogen-bond acceptors (Lipinski definition) is 5. The standard InChI is InChI=1S/C19H21N3O4/c1-19(2,3)26-18(24)22-15(16(22)17(23)25-4)11-21-10-12(9-20)13-7-5-6-8-14(13)21/h5-8,10,15-16H,11H2,1-4H3/t15-,16+,22?/m0/s1. The van der Waals surface area contributed by atoms with Crippen LogP contribution >= 0.6 is 0 Å². The average molecular weight is 355 g/mol. The molecule has 1 saturated heterocycles. The van der Waals surface area contributed by atoms with Gasteiger partial charge in [-0.3, -0.25) is 4.90 Å². The Morgan fingerprint density at radius 1 is 1.27 bits per heavy atom. The van der Waals surface area contributed by atoms with Crippen LogP contribution in [0.4, 0.5) is 4.79 Å². The number of esters is 1. The van der Waals surface area contributed by atoms with Gasteiger partial charge in [-0.15, -0.1) is 0 Å². The largest absolute Gasteiger partial charge is 0.467 e. The fourth-order valence-electron chi connectivity index (χ4n) is 3.11. The number of carbonyl (C=O) groups is 2. The summed E-state index contributed by atoms with van der Waals surface area (Å²) in [6.07, 6.45) is 1.19. The molecule has 1 amide bonds. The molecule has 2 aromatic rings. The number of benzene rings is 1. The Labute approximate surface area is 151 Å². The Balaban J connectivity index is 1.87. The number of carbonyl (C=O) groups excluding carboxylic acids is 2. The van der Waals surface area contributed by atoms with Crippen LogP contribution in [0.25, 0.3) is 10.9 Å². The number of ether oxygens (including phenoxy) is 2.